The molecule has 8 nitrogen and oxygen atoms in total. The predicted molar refractivity (Wildman–Crippen MR) is 122 cm³/mol. The smallest absolute Gasteiger partial charge is 0.389 e. The molecule has 0 aliphatic heterocycles. The molecule has 11 heteroatoms. The number of amides is 1. The zero-order valence-corrected chi connectivity index (χ0v) is 19.1. The lowest BCUT2D eigenvalue weighted by Gasteiger charge is -2.06. The maximum absolute atomic E-state index is 12.6. The van der Waals surface area contributed by atoms with E-state index in [1.54, 1.807) is 37.4 Å². The molecule has 2 heterocycles. The average molecular weight is 479 g/mol. The highest BCUT2D eigenvalue weighted by atomic mass is 35.5. The number of aromatic nitrogens is 2. The molecule has 2 aromatic heterocycles. The zero-order valence-electron chi connectivity index (χ0n) is 16.8. The summed E-state index contributed by atoms with van der Waals surface area (Å²) in [4.78, 5) is 32.0. The normalized spacial score (nSPS) is 10.7. The number of nitrogens with one attached hydrogen (secondary N) is 1. The van der Waals surface area contributed by atoms with Gasteiger partial charge in [0.15, 0.2) is 4.21 Å². The minimum absolute atomic E-state index is 0.0136. The van der Waals surface area contributed by atoms with Crippen molar-refractivity contribution < 1.29 is 14.5 Å². The highest BCUT2D eigenvalue weighted by molar-refractivity contribution is 8.01. The van der Waals surface area contributed by atoms with E-state index >= 15 is 0 Å². The number of pyridine rings is 1. The molecule has 0 atom stereocenters. The predicted octanol–water partition coefficient (Wildman–Crippen LogP) is 5.99. The number of nitro groups is 1. The highest BCUT2D eigenvalue weighted by Crippen LogP contribution is 2.42. The number of halogens is 1. The average Bonchev–Trinajstić information content (AvgIpc) is 3.17. The van der Waals surface area contributed by atoms with Crippen LogP contribution in [-0.2, 0) is 0 Å². The topological polar surface area (TPSA) is 107 Å². The highest BCUT2D eigenvalue weighted by Gasteiger charge is 2.28. The van der Waals surface area contributed by atoms with Crippen LogP contribution in [0.15, 0.2) is 45.8 Å². The molecule has 1 amide bonds. The Morgan fingerprint density at radius 2 is 2.06 bits per heavy atom. The van der Waals surface area contributed by atoms with Gasteiger partial charge in [0, 0.05) is 23.0 Å². The fraction of sp³-hybridized carbons (Fsp3) is 0.250. The molecule has 0 unspecified atom stereocenters. The number of unbranched alkanes of at least 4 members (excludes halogenated alkanes) is 1. The van der Waals surface area contributed by atoms with E-state index in [-0.39, 0.29) is 15.0 Å². The molecule has 0 radical (unpaired) electrons. The van der Waals surface area contributed by atoms with Crippen LogP contribution < -0.4 is 10.1 Å². The summed E-state index contributed by atoms with van der Waals surface area (Å²) >= 11 is 8.22. The summed E-state index contributed by atoms with van der Waals surface area (Å²) in [5.41, 5.74) is 1.31. The molecule has 0 fully saturated rings. The van der Waals surface area contributed by atoms with Crippen LogP contribution in [0.3, 0.4) is 0 Å². The molecule has 0 saturated heterocycles. The number of thiazole rings is 1. The molecular formula is C20H19ClN4O4S2. The second kappa shape index (κ2) is 10.6. The summed E-state index contributed by atoms with van der Waals surface area (Å²) in [6.07, 6.45) is 5.09. The molecule has 1 aromatic carbocycles. The largest absolute Gasteiger partial charge is 0.494 e. The lowest BCUT2D eigenvalue weighted by Crippen LogP contribution is -2.11. The summed E-state index contributed by atoms with van der Waals surface area (Å²) in [6, 6.07) is 6.92. The number of hydrogen-bond donors (Lipinski definition) is 1. The maximum atomic E-state index is 12.6. The molecule has 0 bridgehead atoms. The second-order valence-corrected chi connectivity index (χ2v) is 9.12. The first-order valence-electron chi connectivity index (χ1n) is 9.36. The lowest BCUT2D eigenvalue weighted by molar-refractivity contribution is -0.391. The number of rotatable bonds is 9. The molecule has 162 valence electrons. The summed E-state index contributed by atoms with van der Waals surface area (Å²) in [5, 5.41) is 14.5. The van der Waals surface area contributed by atoms with Crippen LogP contribution in [0.5, 0.6) is 5.75 Å². The number of aryl methyl sites for hydroxylation is 1. The van der Waals surface area contributed by atoms with Crippen molar-refractivity contribution in [2.75, 3.05) is 11.9 Å². The van der Waals surface area contributed by atoms with Gasteiger partial charge >= 0.3 is 11.7 Å². The Bertz CT molecular complexity index is 1070. The fourth-order valence-corrected chi connectivity index (χ4v) is 4.87. The summed E-state index contributed by atoms with van der Waals surface area (Å²) in [5.74, 6) is -0.205. The van der Waals surface area contributed by atoms with E-state index in [1.165, 1.54) is 6.20 Å². The molecule has 0 aliphatic carbocycles. The Morgan fingerprint density at radius 3 is 2.71 bits per heavy atom. The third-order valence-electron chi connectivity index (χ3n) is 4.05. The van der Waals surface area contributed by atoms with Gasteiger partial charge in [-0.2, -0.15) is 0 Å². The van der Waals surface area contributed by atoms with Crippen molar-refractivity contribution in [3.8, 4) is 5.75 Å². The van der Waals surface area contributed by atoms with Crippen molar-refractivity contribution >= 4 is 52.1 Å². The van der Waals surface area contributed by atoms with Gasteiger partial charge in [0.05, 0.1) is 11.6 Å². The first-order chi connectivity index (χ1) is 14.9. The van der Waals surface area contributed by atoms with Gasteiger partial charge in [-0.15, -0.1) is 0 Å². The Hall–Kier alpha value is -2.69. The van der Waals surface area contributed by atoms with Crippen LogP contribution in [0.1, 0.15) is 35.1 Å². The number of carbonyl (C=O) groups excluding carboxylic acids is 1. The van der Waals surface area contributed by atoms with Gasteiger partial charge in [-0.3, -0.25) is 9.78 Å². The summed E-state index contributed by atoms with van der Waals surface area (Å²) in [7, 11) is 0. The number of nitrogens with zero attached hydrogens (tertiary/aromatic N) is 3. The van der Waals surface area contributed by atoms with Crippen LogP contribution in [-0.4, -0.2) is 27.4 Å². The Morgan fingerprint density at radius 1 is 1.32 bits per heavy atom. The van der Waals surface area contributed by atoms with E-state index in [0.717, 1.165) is 41.5 Å². The number of benzene rings is 1. The third kappa shape index (κ3) is 5.93. The van der Waals surface area contributed by atoms with Gasteiger partial charge in [0.2, 0.25) is 0 Å². The van der Waals surface area contributed by atoms with Crippen LogP contribution >= 0.6 is 34.7 Å². The number of anilines is 1. The van der Waals surface area contributed by atoms with Crippen LogP contribution in [0.4, 0.5) is 11.5 Å². The third-order valence-corrected chi connectivity index (χ3v) is 6.90. The molecule has 3 rings (SSSR count). The van der Waals surface area contributed by atoms with Gasteiger partial charge in [-0.05, 0) is 53.1 Å². The van der Waals surface area contributed by atoms with Gasteiger partial charge in [0.1, 0.15) is 5.75 Å². The zero-order chi connectivity index (χ0) is 22.4. The van der Waals surface area contributed by atoms with Crippen LogP contribution in [0.2, 0.25) is 5.02 Å². The molecule has 1 N–H and O–H groups in total. The molecule has 0 aliphatic rings. The molecule has 0 spiro atoms. The second-order valence-electron chi connectivity index (χ2n) is 6.44. The number of hydrogen-bond acceptors (Lipinski definition) is 8. The van der Waals surface area contributed by atoms with Crippen molar-refractivity contribution in [2.24, 2.45) is 0 Å². The number of carbonyl (C=O) groups is 1. The summed E-state index contributed by atoms with van der Waals surface area (Å²) in [6.45, 7) is 4.52. The van der Waals surface area contributed by atoms with Crippen molar-refractivity contribution in [3.63, 3.8) is 0 Å². The van der Waals surface area contributed by atoms with Crippen molar-refractivity contribution in [1.29, 1.82) is 0 Å². The maximum Gasteiger partial charge on any atom is 0.389 e. The van der Waals surface area contributed by atoms with E-state index in [1.807, 2.05) is 0 Å². The monoisotopic (exact) mass is 478 g/mol. The van der Waals surface area contributed by atoms with Gasteiger partial charge in [0.25, 0.3) is 5.01 Å². The first kappa shape index (κ1) is 23.0. The number of ether oxygens (including phenoxy) is 1. The van der Waals surface area contributed by atoms with E-state index in [9.17, 15) is 14.9 Å². The van der Waals surface area contributed by atoms with Crippen molar-refractivity contribution in [3.05, 3.63) is 62.4 Å². The standard InChI is InChI=1S/C20H19ClN4O4S2/c1-3-4-9-29-14-7-5-13(6-8-14)23-18(26)19-24-17(25(27)28)20(31-19)30-16-12(2)10-22-11-15(16)21/h5-8,10-11H,3-4,9H2,1-2H3,(H,23,26). The van der Waals surface area contributed by atoms with Crippen LogP contribution in [0, 0.1) is 17.0 Å². The Balaban J connectivity index is 1.76. The minimum Gasteiger partial charge on any atom is -0.494 e. The van der Waals surface area contributed by atoms with E-state index < -0.39 is 10.8 Å². The fourth-order valence-electron chi connectivity index (χ4n) is 2.47. The minimum atomic E-state index is -0.609. The molecular weight excluding hydrogens is 460 g/mol. The molecule has 0 saturated carbocycles. The van der Waals surface area contributed by atoms with Crippen LogP contribution in [0.25, 0.3) is 0 Å². The lowest BCUT2D eigenvalue weighted by atomic mass is 10.3. The van der Waals surface area contributed by atoms with Gasteiger partial charge in [-0.1, -0.05) is 48.0 Å². The van der Waals surface area contributed by atoms with Gasteiger partial charge < -0.3 is 20.2 Å². The molecule has 3 aromatic rings. The van der Waals surface area contributed by atoms with E-state index in [2.05, 4.69) is 22.2 Å². The Kier molecular flexibility index (Phi) is 7.83. The Labute approximate surface area is 192 Å². The van der Waals surface area contributed by atoms with Gasteiger partial charge in [-0.25, -0.2) is 0 Å². The van der Waals surface area contributed by atoms with Crippen molar-refractivity contribution in [1.82, 2.24) is 9.97 Å². The quantitative estimate of drug-likeness (QED) is 0.228. The first-order valence-corrected chi connectivity index (χ1v) is 11.4. The SMILES string of the molecule is CCCCOc1ccc(NC(=O)c2nc([N+](=O)[O-])c(Sc3c(C)cncc3Cl)s2)cc1. The summed E-state index contributed by atoms with van der Waals surface area (Å²) < 4.78 is 5.87. The van der Waals surface area contributed by atoms with Crippen molar-refractivity contribution in [2.45, 2.75) is 35.8 Å². The van der Waals surface area contributed by atoms with E-state index in [0.29, 0.717) is 28.0 Å². The van der Waals surface area contributed by atoms with E-state index in [4.69, 9.17) is 16.3 Å². The molecule has 31 heavy (non-hydrogen) atoms.